The van der Waals surface area contributed by atoms with Crippen LogP contribution in [0.3, 0.4) is 0 Å². The van der Waals surface area contributed by atoms with E-state index in [0.29, 0.717) is 0 Å². The van der Waals surface area contributed by atoms with Crippen LogP contribution in [0.15, 0.2) is 41.3 Å². The van der Waals surface area contributed by atoms with Crippen molar-refractivity contribution < 1.29 is 17.9 Å². The number of para-hydroxylation sites is 1. The van der Waals surface area contributed by atoms with E-state index in [9.17, 15) is 13.2 Å². The fourth-order valence-electron chi connectivity index (χ4n) is 3.33. The van der Waals surface area contributed by atoms with Crippen molar-refractivity contribution in [1.82, 2.24) is 4.72 Å². The van der Waals surface area contributed by atoms with Crippen LogP contribution in [0, 0.1) is 0 Å². The van der Waals surface area contributed by atoms with Gasteiger partial charge in [-0.05, 0) is 43.2 Å². The molecular formula is C20H22Cl2N2O4S. The van der Waals surface area contributed by atoms with Crippen molar-refractivity contribution in [3.8, 4) is 5.75 Å². The summed E-state index contributed by atoms with van der Waals surface area (Å²) in [5.74, 6) is -0.364. The van der Waals surface area contributed by atoms with E-state index in [-0.39, 0.29) is 38.0 Å². The molecular weight excluding hydrogens is 435 g/mol. The van der Waals surface area contributed by atoms with E-state index in [0.717, 1.165) is 32.1 Å². The van der Waals surface area contributed by atoms with Crippen molar-refractivity contribution in [2.75, 3.05) is 12.4 Å². The summed E-state index contributed by atoms with van der Waals surface area (Å²) >= 11 is 12.2. The van der Waals surface area contributed by atoms with Crippen molar-refractivity contribution >= 4 is 44.8 Å². The van der Waals surface area contributed by atoms with Crippen LogP contribution in [0.25, 0.3) is 0 Å². The molecule has 1 aliphatic carbocycles. The molecule has 9 heteroatoms. The first-order chi connectivity index (χ1) is 13.8. The quantitative estimate of drug-likeness (QED) is 0.649. The lowest BCUT2D eigenvalue weighted by atomic mass is 9.96. The molecule has 156 valence electrons. The van der Waals surface area contributed by atoms with E-state index in [4.69, 9.17) is 27.9 Å². The third-order valence-electron chi connectivity index (χ3n) is 4.84. The van der Waals surface area contributed by atoms with E-state index in [1.807, 2.05) is 0 Å². The number of halogens is 2. The Balaban J connectivity index is 1.89. The number of carbonyl (C=O) groups excluding carboxylic acids is 1. The number of carbonyl (C=O) groups is 1. The van der Waals surface area contributed by atoms with Crippen LogP contribution in [0.5, 0.6) is 5.75 Å². The van der Waals surface area contributed by atoms with Gasteiger partial charge in [0.2, 0.25) is 10.0 Å². The summed E-state index contributed by atoms with van der Waals surface area (Å²) in [4.78, 5) is 12.6. The maximum Gasteiger partial charge on any atom is 0.255 e. The van der Waals surface area contributed by atoms with E-state index in [2.05, 4.69) is 10.0 Å². The van der Waals surface area contributed by atoms with Crippen LogP contribution in [-0.2, 0) is 10.0 Å². The predicted octanol–water partition coefficient (Wildman–Crippen LogP) is 4.87. The van der Waals surface area contributed by atoms with Gasteiger partial charge < -0.3 is 10.1 Å². The maximum atomic E-state index is 13.0. The Bertz CT molecular complexity index is 985. The number of hydrogen-bond donors (Lipinski definition) is 2. The molecule has 0 heterocycles. The predicted molar refractivity (Wildman–Crippen MR) is 115 cm³/mol. The zero-order valence-electron chi connectivity index (χ0n) is 15.9. The molecule has 2 aromatic carbocycles. The molecule has 1 saturated carbocycles. The second-order valence-corrected chi connectivity index (χ2v) is 9.37. The SMILES string of the molecule is COc1ccc(C(=O)Nc2c(Cl)cccc2Cl)cc1S(=O)(=O)NC1CCCCC1. The van der Waals surface area contributed by atoms with Gasteiger partial charge in [-0.2, -0.15) is 0 Å². The van der Waals surface area contributed by atoms with Gasteiger partial charge in [-0.3, -0.25) is 4.79 Å². The molecule has 0 atom stereocenters. The van der Waals surface area contributed by atoms with Gasteiger partial charge in [-0.25, -0.2) is 13.1 Å². The Hall–Kier alpha value is -1.80. The van der Waals surface area contributed by atoms with Gasteiger partial charge >= 0.3 is 0 Å². The number of hydrogen-bond acceptors (Lipinski definition) is 4. The largest absolute Gasteiger partial charge is 0.495 e. The highest BCUT2D eigenvalue weighted by Gasteiger charge is 2.26. The zero-order valence-corrected chi connectivity index (χ0v) is 18.2. The molecule has 0 aromatic heterocycles. The van der Waals surface area contributed by atoms with E-state index in [1.165, 1.54) is 25.3 Å². The lowest BCUT2D eigenvalue weighted by molar-refractivity contribution is 0.102. The average Bonchev–Trinajstić information content (AvgIpc) is 2.70. The number of sulfonamides is 1. The summed E-state index contributed by atoms with van der Waals surface area (Å²) in [5, 5.41) is 3.20. The Labute approximate surface area is 180 Å². The van der Waals surface area contributed by atoms with Gasteiger partial charge in [-0.15, -0.1) is 0 Å². The molecule has 6 nitrogen and oxygen atoms in total. The minimum Gasteiger partial charge on any atom is -0.495 e. The summed E-state index contributed by atoms with van der Waals surface area (Å²) in [6, 6.07) is 8.98. The molecule has 0 unspecified atom stereocenters. The Morgan fingerprint density at radius 2 is 1.72 bits per heavy atom. The summed E-state index contributed by atoms with van der Waals surface area (Å²) in [6.45, 7) is 0. The molecule has 0 radical (unpaired) electrons. The Morgan fingerprint density at radius 3 is 2.34 bits per heavy atom. The molecule has 0 bridgehead atoms. The highest BCUT2D eigenvalue weighted by atomic mass is 35.5. The zero-order chi connectivity index (χ0) is 21.0. The first kappa shape index (κ1) is 21.9. The van der Waals surface area contributed by atoms with Gasteiger partial charge in [0.05, 0.1) is 22.8 Å². The van der Waals surface area contributed by atoms with Crippen LogP contribution >= 0.6 is 23.2 Å². The van der Waals surface area contributed by atoms with E-state index in [1.54, 1.807) is 18.2 Å². The molecule has 0 aliphatic heterocycles. The van der Waals surface area contributed by atoms with Crippen LogP contribution in [0.1, 0.15) is 42.5 Å². The molecule has 29 heavy (non-hydrogen) atoms. The topological polar surface area (TPSA) is 84.5 Å². The lowest BCUT2D eigenvalue weighted by Crippen LogP contribution is -2.36. The van der Waals surface area contributed by atoms with Crippen molar-refractivity contribution in [3.05, 3.63) is 52.0 Å². The molecule has 1 amide bonds. The number of ether oxygens (including phenoxy) is 1. The second-order valence-electron chi connectivity index (χ2n) is 6.87. The molecule has 1 fully saturated rings. The molecule has 2 aromatic rings. The van der Waals surface area contributed by atoms with Crippen molar-refractivity contribution in [2.24, 2.45) is 0 Å². The normalized spacial score (nSPS) is 15.1. The number of methoxy groups -OCH3 is 1. The summed E-state index contributed by atoms with van der Waals surface area (Å²) in [5.41, 5.74) is 0.409. The van der Waals surface area contributed by atoms with E-state index >= 15 is 0 Å². The van der Waals surface area contributed by atoms with Crippen LogP contribution in [0.4, 0.5) is 5.69 Å². The Morgan fingerprint density at radius 1 is 1.07 bits per heavy atom. The van der Waals surface area contributed by atoms with Gasteiger partial charge in [0.25, 0.3) is 5.91 Å². The first-order valence-corrected chi connectivity index (χ1v) is 11.5. The highest BCUT2D eigenvalue weighted by molar-refractivity contribution is 7.89. The summed E-state index contributed by atoms with van der Waals surface area (Å²) in [6.07, 6.45) is 4.69. The molecule has 0 spiro atoms. The molecule has 1 aliphatic rings. The van der Waals surface area contributed by atoms with Crippen molar-refractivity contribution in [2.45, 2.75) is 43.0 Å². The molecule has 2 N–H and O–H groups in total. The van der Waals surface area contributed by atoms with Crippen molar-refractivity contribution in [3.63, 3.8) is 0 Å². The third-order valence-corrected chi connectivity index (χ3v) is 7.02. The summed E-state index contributed by atoms with van der Waals surface area (Å²) in [7, 11) is -2.47. The fourth-order valence-corrected chi connectivity index (χ4v) is 5.33. The van der Waals surface area contributed by atoms with Crippen LogP contribution in [-0.4, -0.2) is 27.5 Å². The molecule has 3 rings (SSSR count). The molecule has 0 saturated heterocycles. The van der Waals surface area contributed by atoms with Gasteiger partial charge in [-0.1, -0.05) is 48.5 Å². The maximum absolute atomic E-state index is 13.0. The highest BCUT2D eigenvalue weighted by Crippen LogP contribution is 2.31. The number of rotatable bonds is 6. The van der Waals surface area contributed by atoms with Crippen LogP contribution < -0.4 is 14.8 Å². The second kappa shape index (κ2) is 9.34. The van der Waals surface area contributed by atoms with Crippen LogP contribution in [0.2, 0.25) is 10.0 Å². The number of nitrogens with one attached hydrogen (secondary N) is 2. The fraction of sp³-hybridized carbons (Fsp3) is 0.350. The van der Waals surface area contributed by atoms with Gasteiger partial charge in [0.1, 0.15) is 10.6 Å². The van der Waals surface area contributed by atoms with Gasteiger partial charge in [0, 0.05) is 11.6 Å². The van der Waals surface area contributed by atoms with E-state index < -0.39 is 15.9 Å². The third kappa shape index (κ3) is 5.22. The Kier molecular flexibility index (Phi) is 7.05. The number of anilines is 1. The lowest BCUT2D eigenvalue weighted by Gasteiger charge is -2.23. The first-order valence-electron chi connectivity index (χ1n) is 9.27. The standard InChI is InChI=1S/C20H22Cl2N2O4S/c1-28-17-11-10-13(20(25)23-19-15(21)8-5-9-16(19)22)12-18(17)29(26,27)24-14-6-3-2-4-7-14/h5,8-12,14,24H,2-4,6-7H2,1H3,(H,23,25). The number of amides is 1. The van der Waals surface area contributed by atoms with Gasteiger partial charge in [0.15, 0.2) is 0 Å². The van der Waals surface area contributed by atoms with Crippen molar-refractivity contribution in [1.29, 1.82) is 0 Å². The minimum absolute atomic E-state index is 0.0801. The smallest absolute Gasteiger partial charge is 0.255 e. The summed E-state index contributed by atoms with van der Waals surface area (Å²) < 4.78 is 33.9. The minimum atomic E-state index is -3.85. The monoisotopic (exact) mass is 456 g/mol. The average molecular weight is 457 g/mol. The number of benzene rings is 2.